The van der Waals surface area contributed by atoms with E-state index >= 15 is 0 Å². The van der Waals surface area contributed by atoms with E-state index in [0.717, 1.165) is 5.92 Å². The molecule has 0 bridgehead atoms. The van der Waals surface area contributed by atoms with E-state index in [-0.39, 0.29) is 0 Å². The van der Waals surface area contributed by atoms with E-state index in [1.54, 1.807) is 0 Å². The summed E-state index contributed by atoms with van der Waals surface area (Å²) in [6, 6.07) is 9.13. The third-order valence-electron chi connectivity index (χ3n) is 4.14. The highest BCUT2D eigenvalue weighted by Crippen LogP contribution is 2.29. The predicted octanol–water partition coefficient (Wildman–Crippen LogP) is 4.23. The highest BCUT2D eigenvalue weighted by molar-refractivity contribution is 5.93. The van der Waals surface area contributed by atoms with Crippen LogP contribution in [0.5, 0.6) is 0 Å². The minimum Gasteiger partial charge on any atom is -0.381 e. The Balaban J connectivity index is 1.90. The average molecular weight is 240 g/mol. The van der Waals surface area contributed by atoms with Gasteiger partial charge in [-0.1, -0.05) is 31.9 Å². The van der Waals surface area contributed by atoms with E-state index in [1.807, 2.05) is 12.4 Å². The van der Waals surface area contributed by atoms with Gasteiger partial charge in [0.2, 0.25) is 0 Å². The second-order valence-corrected chi connectivity index (χ2v) is 5.41. The molecule has 2 nitrogen and oxygen atoms in total. The van der Waals surface area contributed by atoms with E-state index in [4.69, 9.17) is 0 Å². The highest BCUT2D eigenvalue weighted by Gasteiger charge is 2.21. The Hall–Kier alpha value is -1.57. The molecule has 18 heavy (non-hydrogen) atoms. The van der Waals surface area contributed by atoms with Crippen LogP contribution in [0.1, 0.15) is 32.6 Å². The van der Waals surface area contributed by atoms with Crippen LogP contribution in [-0.2, 0) is 0 Å². The summed E-state index contributed by atoms with van der Waals surface area (Å²) in [7, 11) is 0. The smallest absolute Gasteiger partial charge is 0.0437 e. The molecule has 0 aliphatic heterocycles. The first-order valence-electron chi connectivity index (χ1n) is 6.94. The fraction of sp³-hybridized carbons (Fsp3) is 0.438. The first-order chi connectivity index (χ1) is 8.84. The maximum absolute atomic E-state index is 4.25. The van der Waals surface area contributed by atoms with Gasteiger partial charge in [-0.25, -0.2) is 0 Å². The van der Waals surface area contributed by atoms with E-state index in [9.17, 15) is 0 Å². The summed E-state index contributed by atoms with van der Waals surface area (Å²) in [5, 5.41) is 6.23. The normalized spacial score (nSPS) is 24.1. The third kappa shape index (κ3) is 2.20. The first kappa shape index (κ1) is 11.5. The van der Waals surface area contributed by atoms with Crippen LogP contribution in [0.3, 0.4) is 0 Å². The van der Waals surface area contributed by atoms with Gasteiger partial charge in [0.25, 0.3) is 0 Å². The summed E-state index contributed by atoms with van der Waals surface area (Å²) in [5.74, 6) is 0.769. The summed E-state index contributed by atoms with van der Waals surface area (Å²) in [5.41, 5.74) is 1.24. The zero-order valence-corrected chi connectivity index (χ0v) is 10.9. The molecule has 1 saturated carbocycles. The monoisotopic (exact) mass is 240 g/mol. The van der Waals surface area contributed by atoms with Gasteiger partial charge in [-0.05, 0) is 36.3 Å². The Labute approximate surface area is 108 Å². The van der Waals surface area contributed by atoms with Crippen molar-refractivity contribution in [1.29, 1.82) is 0 Å². The Morgan fingerprint density at radius 1 is 1.17 bits per heavy atom. The molecule has 0 radical (unpaired) electrons. The number of nitrogens with zero attached hydrogens (tertiary/aromatic N) is 1. The van der Waals surface area contributed by atoms with Crippen molar-refractivity contribution in [2.75, 3.05) is 5.32 Å². The molecule has 0 spiro atoms. The van der Waals surface area contributed by atoms with Crippen molar-refractivity contribution in [2.24, 2.45) is 5.92 Å². The second-order valence-electron chi connectivity index (χ2n) is 5.41. The van der Waals surface area contributed by atoms with Crippen LogP contribution < -0.4 is 5.32 Å². The maximum atomic E-state index is 4.25. The zero-order chi connectivity index (χ0) is 12.4. The van der Waals surface area contributed by atoms with Crippen LogP contribution in [0.4, 0.5) is 5.69 Å². The van der Waals surface area contributed by atoms with Crippen LogP contribution in [0.25, 0.3) is 10.8 Å². The Bertz CT molecular complexity index is 530. The van der Waals surface area contributed by atoms with Gasteiger partial charge < -0.3 is 5.32 Å². The molecule has 2 atom stereocenters. The largest absolute Gasteiger partial charge is 0.381 e. The lowest BCUT2D eigenvalue weighted by molar-refractivity contribution is 0.350. The lowest BCUT2D eigenvalue weighted by atomic mass is 9.85. The lowest BCUT2D eigenvalue weighted by Gasteiger charge is -2.30. The molecule has 2 aromatic rings. The highest BCUT2D eigenvalue weighted by atomic mass is 14.9. The Kier molecular flexibility index (Phi) is 3.18. The topological polar surface area (TPSA) is 24.9 Å². The van der Waals surface area contributed by atoms with Gasteiger partial charge in [0.1, 0.15) is 0 Å². The molecule has 1 N–H and O–H groups in total. The summed E-state index contributed by atoms with van der Waals surface area (Å²) in [6.45, 7) is 2.36. The van der Waals surface area contributed by atoms with E-state index in [2.05, 4.69) is 41.5 Å². The standard InChI is InChI=1S/C16H20N2/c1-12-5-2-3-7-15(12)18-16-8-4-6-13-9-10-17-11-14(13)16/h4,6,8-12,15,18H,2-3,5,7H2,1H3. The molecule has 1 aliphatic carbocycles. The van der Waals surface area contributed by atoms with Crippen molar-refractivity contribution in [1.82, 2.24) is 4.98 Å². The Morgan fingerprint density at radius 3 is 2.94 bits per heavy atom. The number of hydrogen-bond acceptors (Lipinski definition) is 2. The number of nitrogens with one attached hydrogen (secondary N) is 1. The fourth-order valence-corrected chi connectivity index (χ4v) is 2.97. The summed E-state index contributed by atoms with van der Waals surface area (Å²) >= 11 is 0. The molecule has 1 heterocycles. The molecule has 94 valence electrons. The second kappa shape index (κ2) is 4.97. The number of hydrogen-bond donors (Lipinski definition) is 1. The van der Waals surface area contributed by atoms with Crippen LogP contribution in [0.2, 0.25) is 0 Å². The number of pyridine rings is 1. The fourth-order valence-electron chi connectivity index (χ4n) is 2.97. The van der Waals surface area contributed by atoms with E-state index < -0.39 is 0 Å². The molecule has 2 unspecified atom stereocenters. The van der Waals surface area contributed by atoms with Crippen LogP contribution >= 0.6 is 0 Å². The average Bonchev–Trinajstić information content (AvgIpc) is 2.42. The van der Waals surface area contributed by atoms with E-state index in [0.29, 0.717) is 6.04 Å². The van der Waals surface area contributed by atoms with Gasteiger partial charge >= 0.3 is 0 Å². The van der Waals surface area contributed by atoms with Crippen LogP contribution in [0, 0.1) is 5.92 Å². The van der Waals surface area contributed by atoms with E-state index in [1.165, 1.54) is 42.1 Å². The molecule has 3 rings (SSSR count). The van der Waals surface area contributed by atoms with Crippen molar-refractivity contribution >= 4 is 16.5 Å². The van der Waals surface area contributed by atoms with Crippen molar-refractivity contribution in [2.45, 2.75) is 38.6 Å². The molecule has 1 aromatic carbocycles. The molecular weight excluding hydrogens is 220 g/mol. The number of anilines is 1. The molecule has 1 fully saturated rings. The van der Waals surface area contributed by atoms with Gasteiger partial charge in [0, 0.05) is 29.5 Å². The van der Waals surface area contributed by atoms with Crippen LogP contribution in [-0.4, -0.2) is 11.0 Å². The Morgan fingerprint density at radius 2 is 2.06 bits per heavy atom. The third-order valence-corrected chi connectivity index (χ3v) is 4.14. The quantitative estimate of drug-likeness (QED) is 0.850. The van der Waals surface area contributed by atoms with Gasteiger partial charge in [0.05, 0.1) is 0 Å². The van der Waals surface area contributed by atoms with Crippen molar-refractivity contribution in [3.05, 3.63) is 36.7 Å². The first-order valence-corrected chi connectivity index (χ1v) is 6.94. The van der Waals surface area contributed by atoms with Gasteiger partial charge in [-0.15, -0.1) is 0 Å². The number of aromatic nitrogens is 1. The van der Waals surface area contributed by atoms with Gasteiger partial charge in [0.15, 0.2) is 0 Å². The van der Waals surface area contributed by atoms with Crippen molar-refractivity contribution in [3.63, 3.8) is 0 Å². The molecule has 0 saturated heterocycles. The molecular formula is C16H20N2. The maximum Gasteiger partial charge on any atom is 0.0437 e. The van der Waals surface area contributed by atoms with Gasteiger partial charge in [-0.3, -0.25) is 4.98 Å². The molecule has 1 aromatic heterocycles. The SMILES string of the molecule is CC1CCCCC1Nc1cccc2ccncc12. The van der Waals surface area contributed by atoms with Crippen molar-refractivity contribution in [3.8, 4) is 0 Å². The molecule has 2 heteroatoms. The number of rotatable bonds is 2. The number of benzene rings is 1. The number of fused-ring (bicyclic) bond motifs is 1. The minimum absolute atomic E-state index is 0.615. The summed E-state index contributed by atoms with van der Waals surface area (Å²) in [6.07, 6.45) is 9.19. The predicted molar refractivity (Wildman–Crippen MR) is 76.8 cm³/mol. The summed E-state index contributed by atoms with van der Waals surface area (Å²) < 4.78 is 0. The van der Waals surface area contributed by atoms with Crippen LogP contribution in [0.15, 0.2) is 36.7 Å². The molecule has 1 aliphatic rings. The molecule has 0 amide bonds. The lowest BCUT2D eigenvalue weighted by Crippen LogP contribution is -2.30. The summed E-state index contributed by atoms with van der Waals surface area (Å²) in [4.78, 5) is 4.25. The van der Waals surface area contributed by atoms with Crippen molar-refractivity contribution < 1.29 is 0 Å². The zero-order valence-electron chi connectivity index (χ0n) is 10.9. The van der Waals surface area contributed by atoms with Gasteiger partial charge in [-0.2, -0.15) is 0 Å². The minimum atomic E-state index is 0.615.